The second-order valence-corrected chi connectivity index (χ2v) is 5.39. The van der Waals surface area contributed by atoms with Gasteiger partial charge >= 0.3 is 0 Å². The van der Waals surface area contributed by atoms with Crippen LogP contribution < -0.4 is 10.5 Å². The second kappa shape index (κ2) is 7.18. The quantitative estimate of drug-likeness (QED) is 0.888. The molecular formula is C17H18N2O5. The molecule has 7 nitrogen and oxygen atoms in total. The van der Waals surface area contributed by atoms with Crippen LogP contribution in [0.2, 0.25) is 0 Å². The van der Waals surface area contributed by atoms with E-state index in [1.807, 2.05) is 30.3 Å². The average Bonchev–Trinajstić information content (AvgIpc) is 3.09. The minimum absolute atomic E-state index is 0.119. The molecule has 1 aromatic heterocycles. The molecule has 1 aliphatic heterocycles. The van der Waals surface area contributed by atoms with Gasteiger partial charge in [-0.3, -0.25) is 9.59 Å². The number of furan rings is 1. The first kappa shape index (κ1) is 16.1. The highest BCUT2D eigenvalue weighted by Crippen LogP contribution is 2.18. The van der Waals surface area contributed by atoms with Gasteiger partial charge in [-0.15, -0.1) is 0 Å². The number of para-hydroxylation sites is 1. The van der Waals surface area contributed by atoms with Crippen LogP contribution in [0.5, 0.6) is 5.75 Å². The number of nitrogens with two attached hydrogens (primary N) is 1. The number of amides is 2. The molecule has 126 valence electrons. The average molecular weight is 330 g/mol. The molecule has 2 amide bonds. The Morgan fingerprint density at radius 2 is 2.04 bits per heavy atom. The summed E-state index contributed by atoms with van der Waals surface area (Å²) in [5, 5.41) is 0. The zero-order valence-electron chi connectivity index (χ0n) is 13.0. The predicted molar refractivity (Wildman–Crippen MR) is 84.3 cm³/mol. The Morgan fingerprint density at radius 1 is 1.25 bits per heavy atom. The summed E-state index contributed by atoms with van der Waals surface area (Å²) < 4.78 is 16.2. The predicted octanol–water partition coefficient (Wildman–Crippen LogP) is 1.18. The summed E-state index contributed by atoms with van der Waals surface area (Å²) in [5.41, 5.74) is 5.89. The van der Waals surface area contributed by atoms with E-state index < -0.39 is 12.0 Å². The first-order valence-electron chi connectivity index (χ1n) is 7.59. The zero-order valence-corrected chi connectivity index (χ0v) is 13.0. The molecular weight excluding hydrogens is 312 g/mol. The number of carbonyl (C=O) groups excluding carboxylic acids is 2. The Balaban J connectivity index is 1.67. The maximum Gasteiger partial charge on any atom is 0.290 e. The summed E-state index contributed by atoms with van der Waals surface area (Å²) >= 11 is 0. The molecule has 2 N–H and O–H groups in total. The number of hydrogen-bond donors (Lipinski definition) is 1. The van der Waals surface area contributed by atoms with Gasteiger partial charge in [-0.25, -0.2) is 0 Å². The van der Waals surface area contributed by atoms with Gasteiger partial charge in [-0.2, -0.15) is 0 Å². The Hall–Kier alpha value is -2.80. The summed E-state index contributed by atoms with van der Waals surface area (Å²) in [4.78, 5) is 25.4. The van der Waals surface area contributed by atoms with Crippen LogP contribution in [0.25, 0.3) is 0 Å². The largest absolute Gasteiger partial charge is 0.489 e. The standard InChI is InChI=1S/C17H18N2O5/c18-16(20)14-10-19(7-9-22-14)17(21)15-12(6-8-23-15)11-24-13-4-2-1-3-5-13/h1-6,8,14H,7,9-11H2,(H2,18,20)/t14-/m0/s1. The lowest BCUT2D eigenvalue weighted by Gasteiger charge is -2.30. The highest BCUT2D eigenvalue weighted by molar-refractivity contribution is 5.93. The third kappa shape index (κ3) is 3.57. The fraction of sp³-hybridized carbons (Fsp3) is 0.294. The van der Waals surface area contributed by atoms with Gasteiger partial charge in [-0.1, -0.05) is 18.2 Å². The van der Waals surface area contributed by atoms with Crippen LogP contribution >= 0.6 is 0 Å². The van der Waals surface area contributed by atoms with Crippen LogP contribution in [0, 0.1) is 0 Å². The molecule has 0 bridgehead atoms. The summed E-state index contributed by atoms with van der Waals surface area (Å²) in [5.74, 6) is 0.0223. The van der Waals surface area contributed by atoms with Gasteiger partial charge in [0.2, 0.25) is 5.91 Å². The fourth-order valence-corrected chi connectivity index (χ4v) is 2.46. The van der Waals surface area contributed by atoms with Crippen molar-refractivity contribution in [1.29, 1.82) is 0 Å². The Kier molecular flexibility index (Phi) is 4.81. The number of primary amides is 1. The first-order valence-corrected chi connectivity index (χ1v) is 7.59. The second-order valence-electron chi connectivity index (χ2n) is 5.39. The Bertz CT molecular complexity index is 713. The number of carbonyl (C=O) groups is 2. The molecule has 1 aliphatic rings. The molecule has 7 heteroatoms. The molecule has 0 spiro atoms. The van der Waals surface area contributed by atoms with Gasteiger partial charge in [0, 0.05) is 12.1 Å². The molecule has 0 unspecified atom stereocenters. The van der Waals surface area contributed by atoms with Crippen LogP contribution in [0.3, 0.4) is 0 Å². The fourth-order valence-electron chi connectivity index (χ4n) is 2.46. The van der Waals surface area contributed by atoms with Crippen molar-refractivity contribution in [2.45, 2.75) is 12.7 Å². The molecule has 2 heterocycles. The van der Waals surface area contributed by atoms with Crippen molar-refractivity contribution in [1.82, 2.24) is 4.90 Å². The smallest absolute Gasteiger partial charge is 0.290 e. The molecule has 1 aromatic carbocycles. The lowest BCUT2D eigenvalue weighted by atomic mass is 10.2. The van der Waals surface area contributed by atoms with E-state index in [1.54, 1.807) is 6.07 Å². The first-order chi connectivity index (χ1) is 11.6. The molecule has 0 aliphatic carbocycles. The van der Waals surface area contributed by atoms with E-state index >= 15 is 0 Å². The lowest BCUT2D eigenvalue weighted by Crippen LogP contribution is -2.50. The van der Waals surface area contributed by atoms with E-state index in [4.69, 9.17) is 19.6 Å². The Morgan fingerprint density at radius 3 is 2.79 bits per heavy atom. The molecule has 24 heavy (non-hydrogen) atoms. The summed E-state index contributed by atoms with van der Waals surface area (Å²) in [6, 6.07) is 11.0. The van der Waals surface area contributed by atoms with Crippen molar-refractivity contribution in [3.63, 3.8) is 0 Å². The van der Waals surface area contributed by atoms with E-state index in [0.717, 1.165) is 0 Å². The van der Waals surface area contributed by atoms with E-state index in [9.17, 15) is 9.59 Å². The number of benzene rings is 1. The van der Waals surface area contributed by atoms with E-state index in [0.29, 0.717) is 17.9 Å². The summed E-state index contributed by atoms with van der Waals surface area (Å²) in [6.45, 7) is 0.969. The third-order valence-electron chi connectivity index (χ3n) is 3.75. The monoisotopic (exact) mass is 330 g/mol. The van der Waals surface area contributed by atoms with Crippen molar-refractivity contribution in [3.05, 3.63) is 54.0 Å². The number of hydrogen-bond acceptors (Lipinski definition) is 5. The number of nitrogens with zero attached hydrogens (tertiary/aromatic N) is 1. The normalized spacial score (nSPS) is 17.5. The minimum Gasteiger partial charge on any atom is -0.489 e. The SMILES string of the molecule is NC(=O)[C@@H]1CN(C(=O)c2occc2COc2ccccc2)CCO1. The zero-order chi connectivity index (χ0) is 16.9. The van der Waals surface area contributed by atoms with E-state index in [2.05, 4.69) is 0 Å². The molecule has 1 fully saturated rings. The number of morpholine rings is 1. The summed E-state index contributed by atoms with van der Waals surface area (Å²) in [6.07, 6.45) is 0.657. The molecule has 1 saturated heterocycles. The van der Waals surface area contributed by atoms with Crippen LogP contribution in [0.1, 0.15) is 16.1 Å². The lowest BCUT2D eigenvalue weighted by molar-refractivity contribution is -0.133. The molecule has 0 saturated carbocycles. The molecule has 1 atom stereocenters. The highest BCUT2D eigenvalue weighted by Gasteiger charge is 2.30. The third-order valence-corrected chi connectivity index (χ3v) is 3.75. The summed E-state index contributed by atoms with van der Waals surface area (Å²) in [7, 11) is 0. The topological polar surface area (TPSA) is 95.0 Å². The molecule has 2 aromatic rings. The number of rotatable bonds is 5. The van der Waals surface area contributed by atoms with Crippen LogP contribution in [-0.4, -0.2) is 42.5 Å². The van der Waals surface area contributed by atoms with Crippen molar-refractivity contribution in [2.24, 2.45) is 5.73 Å². The van der Waals surface area contributed by atoms with Crippen molar-refractivity contribution < 1.29 is 23.5 Å². The van der Waals surface area contributed by atoms with Gasteiger partial charge in [0.25, 0.3) is 5.91 Å². The van der Waals surface area contributed by atoms with Crippen LogP contribution in [0.15, 0.2) is 47.1 Å². The van der Waals surface area contributed by atoms with Gasteiger partial charge in [0.15, 0.2) is 11.9 Å². The van der Waals surface area contributed by atoms with Gasteiger partial charge in [0.1, 0.15) is 12.4 Å². The minimum atomic E-state index is -0.790. The van der Waals surface area contributed by atoms with Crippen molar-refractivity contribution in [2.75, 3.05) is 19.7 Å². The number of ether oxygens (including phenoxy) is 2. The maximum absolute atomic E-state index is 12.6. The van der Waals surface area contributed by atoms with Crippen molar-refractivity contribution in [3.8, 4) is 5.75 Å². The molecule has 0 radical (unpaired) electrons. The van der Waals surface area contributed by atoms with Gasteiger partial charge < -0.3 is 24.5 Å². The van der Waals surface area contributed by atoms with Gasteiger partial charge in [0.05, 0.1) is 19.4 Å². The Labute approximate surface area is 138 Å². The van der Waals surface area contributed by atoms with Gasteiger partial charge in [-0.05, 0) is 18.2 Å². The van der Waals surface area contributed by atoms with Crippen LogP contribution in [-0.2, 0) is 16.1 Å². The molecule has 3 rings (SSSR count). The van der Waals surface area contributed by atoms with Crippen LogP contribution in [0.4, 0.5) is 0 Å². The highest BCUT2D eigenvalue weighted by atomic mass is 16.5. The van der Waals surface area contributed by atoms with Crippen molar-refractivity contribution >= 4 is 11.8 Å². The van der Waals surface area contributed by atoms with E-state index in [-0.39, 0.29) is 31.4 Å². The maximum atomic E-state index is 12.6. The van der Waals surface area contributed by atoms with E-state index in [1.165, 1.54) is 11.2 Å².